The fraction of sp³-hybridized carbons (Fsp3) is 0.167. The number of hydrogen-bond acceptors (Lipinski definition) is 4. The lowest BCUT2D eigenvalue weighted by atomic mass is 10.2. The number of rotatable bonds is 3. The van der Waals surface area contributed by atoms with E-state index >= 15 is 0 Å². The lowest BCUT2D eigenvalue weighted by Crippen LogP contribution is -2.23. The van der Waals surface area contributed by atoms with Crippen LogP contribution in [0.4, 0.5) is 0 Å². The van der Waals surface area contributed by atoms with E-state index in [9.17, 15) is 9.59 Å². The first-order valence-corrected chi connectivity index (χ1v) is 9.88. The van der Waals surface area contributed by atoms with Crippen molar-refractivity contribution >= 4 is 67.6 Å². The van der Waals surface area contributed by atoms with Gasteiger partial charge in [0.1, 0.15) is 6.54 Å². The molecule has 26 heavy (non-hydrogen) atoms. The van der Waals surface area contributed by atoms with Crippen molar-refractivity contribution in [3.8, 4) is 0 Å². The highest BCUT2D eigenvalue weighted by Gasteiger charge is 2.16. The zero-order valence-electron chi connectivity index (χ0n) is 14.0. The topological polar surface area (TPSA) is 60.7 Å². The van der Waals surface area contributed by atoms with E-state index in [1.165, 1.54) is 18.4 Å². The van der Waals surface area contributed by atoms with E-state index in [1.807, 2.05) is 25.1 Å². The second-order valence-electron chi connectivity index (χ2n) is 5.46. The summed E-state index contributed by atoms with van der Waals surface area (Å²) in [6.07, 6.45) is 0. The van der Waals surface area contributed by atoms with Crippen molar-refractivity contribution in [2.24, 2.45) is 4.99 Å². The normalized spacial score (nSPS) is 11.8. The number of amides is 1. The standard InChI is InChI=1S/C18H14ClIN2O3S/c1-10-12(19)7-8-14-16(10)22(9-15(23)25-2)18(26-14)21-17(24)11-5-3-4-6-13(11)20/h3-8H,9H2,1-2H3. The van der Waals surface area contributed by atoms with Gasteiger partial charge in [0.15, 0.2) is 4.80 Å². The van der Waals surface area contributed by atoms with E-state index in [0.29, 0.717) is 15.4 Å². The van der Waals surface area contributed by atoms with Crippen LogP contribution in [0.25, 0.3) is 10.2 Å². The molecule has 0 fully saturated rings. The zero-order chi connectivity index (χ0) is 18.8. The number of fused-ring (bicyclic) bond motifs is 1. The Morgan fingerprint density at radius 1 is 1.27 bits per heavy atom. The third-order valence-corrected chi connectivity index (χ3v) is 6.24. The number of nitrogens with zero attached hydrogens (tertiary/aromatic N) is 2. The molecule has 1 aromatic heterocycles. The van der Waals surface area contributed by atoms with Crippen LogP contribution in [-0.4, -0.2) is 23.6 Å². The van der Waals surface area contributed by atoms with E-state index in [2.05, 4.69) is 27.6 Å². The van der Waals surface area contributed by atoms with Gasteiger partial charge in [0.2, 0.25) is 0 Å². The maximum Gasteiger partial charge on any atom is 0.325 e. The van der Waals surface area contributed by atoms with Gasteiger partial charge in [0.25, 0.3) is 5.91 Å². The van der Waals surface area contributed by atoms with Crippen molar-refractivity contribution in [3.05, 3.63) is 60.9 Å². The van der Waals surface area contributed by atoms with Gasteiger partial charge in [-0.1, -0.05) is 35.1 Å². The van der Waals surface area contributed by atoms with Crippen LogP contribution in [0.1, 0.15) is 15.9 Å². The molecule has 0 saturated carbocycles. The maximum atomic E-state index is 12.7. The Kier molecular flexibility index (Phi) is 5.79. The molecule has 3 aromatic rings. The molecule has 0 aliphatic carbocycles. The minimum Gasteiger partial charge on any atom is -0.468 e. The van der Waals surface area contributed by atoms with Crippen LogP contribution in [0.5, 0.6) is 0 Å². The molecule has 0 spiro atoms. The number of carbonyl (C=O) groups excluding carboxylic acids is 2. The second kappa shape index (κ2) is 7.89. The van der Waals surface area contributed by atoms with Gasteiger partial charge in [0.05, 0.1) is 22.9 Å². The number of benzene rings is 2. The number of hydrogen-bond donors (Lipinski definition) is 0. The molecule has 0 aliphatic heterocycles. The molecule has 3 rings (SSSR count). The zero-order valence-corrected chi connectivity index (χ0v) is 17.7. The highest BCUT2D eigenvalue weighted by molar-refractivity contribution is 14.1. The molecule has 0 unspecified atom stereocenters. The number of esters is 1. The summed E-state index contributed by atoms with van der Waals surface area (Å²) in [5.74, 6) is -0.781. The molecule has 1 heterocycles. The van der Waals surface area contributed by atoms with Crippen molar-refractivity contribution in [2.45, 2.75) is 13.5 Å². The average Bonchev–Trinajstić information content (AvgIpc) is 2.96. The molecule has 0 bridgehead atoms. The predicted octanol–water partition coefficient (Wildman–Crippen LogP) is 4.18. The van der Waals surface area contributed by atoms with Gasteiger partial charge in [-0.15, -0.1) is 0 Å². The molecule has 8 heteroatoms. The van der Waals surface area contributed by atoms with Crippen LogP contribution in [0, 0.1) is 10.5 Å². The van der Waals surface area contributed by atoms with Gasteiger partial charge >= 0.3 is 5.97 Å². The minimum absolute atomic E-state index is 0.0460. The maximum absolute atomic E-state index is 12.7. The largest absolute Gasteiger partial charge is 0.468 e. The van der Waals surface area contributed by atoms with Crippen molar-refractivity contribution in [1.82, 2.24) is 4.57 Å². The number of aryl methyl sites for hydroxylation is 1. The first-order valence-electron chi connectivity index (χ1n) is 7.61. The van der Waals surface area contributed by atoms with Crippen molar-refractivity contribution in [2.75, 3.05) is 7.11 Å². The first-order chi connectivity index (χ1) is 12.4. The van der Waals surface area contributed by atoms with E-state index in [0.717, 1.165) is 19.4 Å². The average molecular weight is 501 g/mol. The Hall–Kier alpha value is -1.71. The summed E-state index contributed by atoms with van der Waals surface area (Å²) in [5.41, 5.74) is 2.12. The Labute approximate surface area is 172 Å². The van der Waals surface area contributed by atoms with Gasteiger partial charge in [-0.3, -0.25) is 9.59 Å². The van der Waals surface area contributed by atoms with Crippen LogP contribution < -0.4 is 4.80 Å². The fourth-order valence-electron chi connectivity index (χ4n) is 2.52. The molecule has 1 amide bonds. The Morgan fingerprint density at radius 2 is 2.00 bits per heavy atom. The van der Waals surface area contributed by atoms with E-state index in [-0.39, 0.29) is 12.5 Å². The van der Waals surface area contributed by atoms with Crippen LogP contribution in [0.2, 0.25) is 5.02 Å². The second-order valence-corrected chi connectivity index (χ2v) is 8.04. The number of thiazole rings is 1. The third kappa shape index (κ3) is 3.70. The molecular weight excluding hydrogens is 487 g/mol. The molecule has 5 nitrogen and oxygen atoms in total. The van der Waals surface area contributed by atoms with Crippen LogP contribution in [0.3, 0.4) is 0 Å². The molecular formula is C18H14ClIN2O3S. The Balaban J connectivity index is 2.23. The smallest absolute Gasteiger partial charge is 0.325 e. The molecule has 0 atom stereocenters. The summed E-state index contributed by atoms with van der Waals surface area (Å²) in [6, 6.07) is 10.9. The lowest BCUT2D eigenvalue weighted by Gasteiger charge is -2.07. The van der Waals surface area contributed by atoms with Gasteiger partial charge in [-0.05, 0) is 59.3 Å². The van der Waals surface area contributed by atoms with E-state index < -0.39 is 5.97 Å². The van der Waals surface area contributed by atoms with Gasteiger partial charge in [-0.25, -0.2) is 0 Å². The first kappa shape index (κ1) is 19.1. The highest BCUT2D eigenvalue weighted by atomic mass is 127. The molecule has 0 aliphatic rings. The van der Waals surface area contributed by atoms with Gasteiger partial charge < -0.3 is 9.30 Å². The van der Waals surface area contributed by atoms with E-state index in [1.54, 1.807) is 22.8 Å². The number of carbonyl (C=O) groups is 2. The molecule has 0 radical (unpaired) electrons. The molecule has 2 aromatic carbocycles. The van der Waals surface area contributed by atoms with E-state index in [4.69, 9.17) is 16.3 Å². The summed E-state index contributed by atoms with van der Waals surface area (Å²) in [7, 11) is 1.32. The van der Waals surface area contributed by atoms with Crippen molar-refractivity contribution < 1.29 is 14.3 Å². The van der Waals surface area contributed by atoms with Crippen LogP contribution in [-0.2, 0) is 16.1 Å². The summed E-state index contributed by atoms with van der Waals surface area (Å²) >= 11 is 9.67. The third-order valence-electron chi connectivity index (χ3n) is 3.85. The summed E-state index contributed by atoms with van der Waals surface area (Å²) < 4.78 is 8.18. The van der Waals surface area contributed by atoms with Crippen LogP contribution >= 0.6 is 45.5 Å². The monoisotopic (exact) mass is 500 g/mol. The fourth-order valence-corrected chi connectivity index (χ4v) is 4.38. The van der Waals surface area contributed by atoms with Crippen LogP contribution in [0.15, 0.2) is 41.4 Å². The number of ether oxygens (including phenoxy) is 1. The molecule has 0 N–H and O–H groups in total. The number of aromatic nitrogens is 1. The Bertz CT molecular complexity index is 1090. The van der Waals surface area contributed by atoms with Crippen molar-refractivity contribution in [3.63, 3.8) is 0 Å². The summed E-state index contributed by atoms with van der Waals surface area (Å²) in [5, 5.41) is 0.587. The Morgan fingerprint density at radius 3 is 2.69 bits per heavy atom. The minimum atomic E-state index is -0.424. The summed E-state index contributed by atoms with van der Waals surface area (Å²) in [4.78, 5) is 29.2. The molecule has 134 valence electrons. The highest BCUT2D eigenvalue weighted by Crippen LogP contribution is 2.27. The number of methoxy groups -OCH3 is 1. The van der Waals surface area contributed by atoms with Gasteiger partial charge in [0, 0.05) is 8.59 Å². The SMILES string of the molecule is COC(=O)Cn1c(=NC(=O)c2ccccc2I)sc2ccc(Cl)c(C)c21. The quantitative estimate of drug-likeness (QED) is 0.400. The predicted molar refractivity (Wildman–Crippen MR) is 111 cm³/mol. The lowest BCUT2D eigenvalue weighted by molar-refractivity contribution is -0.141. The van der Waals surface area contributed by atoms with Crippen molar-refractivity contribution in [1.29, 1.82) is 0 Å². The van der Waals surface area contributed by atoms with Gasteiger partial charge in [-0.2, -0.15) is 4.99 Å². The number of halogens is 2. The molecule has 0 saturated heterocycles. The summed E-state index contributed by atoms with van der Waals surface area (Å²) in [6.45, 7) is 1.83.